The highest BCUT2D eigenvalue weighted by Gasteiger charge is 2.23. The fourth-order valence-corrected chi connectivity index (χ4v) is 1.90. The molecule has 0 bridgehead atoms. The largest absolute Gasteiger partial charge is 0.369 e. The van der Waals surface area contributed by atoms with Crippen molar-refractivity contribution >= 4 is 17.3 Å². The number of H-pyrrole nitrogens is 1. The number of imidazole rings is 1. The zero-order valence-corrected chi connectivity index (χ0v) is 8.51. The first kappa shape index (κ1) is 9.18. The highest BCUT2D eigenvalue weighted by Crippen LogP contribution is 2.34. The van der Waals surface area contributed by atoms with Crippen LogP contribution in [0.5, 0.6) is 0 Å². The summed E-state index contributed by atoms with van der Waals surface area (Å²) in [6.45, 7) is 0. The first-order chi connectivity index (χ1) is 7.84. The van der Waals surface area contributed by atoms with Gasteiger partial charge in [0.1, 0.15) is 0 Å². The van der Waals surface area contributed by atoms with Gasteiger partial charge in [-0.25, -0.2) is 4.98 Å². The van der Waals surface area contributed by atoms with Crippen molar-refractivity contribution in [2.75, 3.05) is 5.32 Å². The fourth-order valence-electron chi connectivity index (χ4n) is 1.90. The number of aromatic nitrogens is 2. The molecule has 3 rings (SSSR count). The average Bonchev–Trinajstić information content (AvgIpc) is 2.89. The molecule has 4 nitrogen and oxygen atoms in total. The molecule has 16 heavy (non-hydrogen) atoms. The molecule has 1 aromatic carbocycles. The lowest BCUT2D eigenvalue weighted by atomic mass is 10.1. The van der Waals surface area contributed by atoms with Crippen molar-refractivity contribution in [2.45, 2.75) is 6.23 Å². The second-order valence-electron chi connectivity index (χ2n) is 3.70. The van der Waals surface area contributed by atoms with Crippen molar-refractivity contribution in [1.29, 1.82) is 0 Å². The molecule has 2 heterocycles. The maximum absolute atomic E-state index is 9.90. The van der Waals surface area contributed by atoms with E-state index in [0.29, 0.717) is 0 Å². The van der Waals surface area contributed by atoms with E-state index in [1.807, 2.05) is 30.3 Å². The molecular formula is C12H11N3O. The molecule has 0 saturated heterocycles. The van der Waals surface area contributed by atoms with Crippen molar-refractivity contribution in [3.8, 4) is 0 Å². The maximum Gasteiger partial charge on any atom is 0.151 e. The van der Waals surface area contributed by atoms with E-state index in [1.165, 1.54) is 0 Å². The Labute approximate surface area is 92.7 Å². The Morgan fingerprint density at radius 1 is 1.31 bits per heavy atom. The minimum atomic E-state index is -0.652. The van der Waals surface area contributed by atoms with Gasteiger partial charge in [-0.2, -0.15) is 0 Å². The molecular weight excluding hydrogens is 202 g/mol. The topological polar surface area (TPSA) is 60.9 Å². The number of para-hydroxylation sites is 1. The molecule has 1 aliphatic heterocycles. The number of nitrogens with one attached hydrogen (secondary N) is 2. The number of rotatable bonds is 1. The smallest absolute Gasteiger partial charge is 0.151 e. The number of nitrogens with zero attached hydrogens (tertiary/aromatic N) is 1. The first-order valence-electron chi connectivity index (χ1n) is 5.08. The van der Waals surface area contributed by atoms with Crippen molar-refractivity contribution in [3.63, 3.8) is 0 Å². The number of aliphatic hydroxyl groups excluding tert-OH is 1. The lowest BCUT2D eigenvalue weighted by Gasteiger charge is -2.04. The summed E-state index contributed by atoms with van der Waals surface area (Å²) in [7, 11) is 0. The molecule has 0 aliphatic carbocycles. The monoisotopic (exact) mass is 213 g/mol. The van der Waals surface area contributed by atoms with Crippen LogP contribution in [-0.2, 0) is 0 Å². The van der Waals surface area contributed by atoms with E-state index in [4.69, 9.17) is 0 Å². The van der Waals surface area contributed by atoms with Gasteiger partial charge in [-0.3, -0.25) is 0 Å². The van der Waals surface area contributed by atoms with Gasteiger partial charge in [0, 0.05) is 16.8 Å². The molecule has 0 spiro atoms. The Morgan fingerprint density at radius 2 is 2.19 bits per heavy atom. The quantitative estimate of drug-likeness (QED) is 0.675. The third-order valence-corrected chi connectivity index (χ3v) is 2.66. The summed E-state index contributed by atoms with van der Waals surface area (Å²) in [6, 6.07) is 7.84. The highest BCUT2D eigenvalue weighted by molar-refractivity contribution is 5.93. The van der Waals surface area contributed by atoms with Crippen LogP contribution in [0.15, 0.2) is 36.8 Å². The molecule has 0 fully saturated rings. The molecule has 3 N–H and O–H groups in total. The molecule has 1 aromatic heterocycles. The zero-order chi connectivity index (χ0) is 11.0. The van der Waals surface area contributed by atoms with Crippen LogP contribution in [0, 0.1) is 0 Å². The van der Waals surface area contributed by atoms with Crippen LogP contribution < -0.4 is 5.32 Å². The van der Waals surface area contributed by atoms with E-state index in [2.05, 4.69) is 15.3 Å². The Morgan fingerprint density at radius 3 is 3.00 bits per heavy atom. The predicted molar refractivity (Wildman–Crippen MR) is 62.5 cm³/mol. The molecule has 0 amide bonds. The minimum Gasteiger partial charge on any atom is -0.369 e. The third kappa shape index (κ3) is 1.40. The Balaban J connectivity index is 2.08. The third-order valence-electron chi connectivity index (χ3n) is 2.66. The summed E-state index contributed by atoms with van der Waals surface area (Å²) in [5, 5.41) is 12.9. The number of fused-ring (bicyclic) bond motifs is 1. The van der Waals surface area contributed by atoms with Gasteiger partial charge in [-0.15, -0.1) is 0 Å². The van der Waals surface area contributed by atoms with Crippen molar-refractivity contribution < 1.29 is 5.11 Å². The summed E-state index contributed by atoms with van der Waals surface area (Å²) in [5.74, 6) is 0. The van der Waals surface area contributed by atoms with Crippen molar-refractivity contribution in [2.24, 2.45) is 0 Å². The average molecular weight is 213 g/mol. The van der Waals surface area contributed by atoms with E-state index < -0.39 is 6.23 Å². The van der Waals surface area contributed by atoms with Crippen LogP contribution in [0.25, 0.3) is 11.6 Å². The molecule has 0 saturated carbocycles. The molecule has 80 valence electrons. The van der Waals surface area contributed by atoms with Crippen LogP contribution in [-0.4, -0.2) is 21.3 Å². The van der Waals surface area contributed by atoms with Crippen LogP contribution >= 0.6 is 0 Å². The summed E-state index contributed by atoms with van der Waals surface area (Å²) in [6.07, 6.45) is 4.59. The Bertz CT molecular complexity index is 531. The van der Waals surface area contributed by atoms with Gasteiger partial charge in [0.2, 0.25) is 0 Å². The van der Waals surface area contributed by atoms with E-state index in [1.54, 1.807) is 12.5 Å². The first-order valence-corrected chi connectivity index (χ1v) is 5.08. The number of hydrogen-bond donors (Lipinski definition) is 3. The molecule has 1 aliphatic rings. The molecule has 4 heteroatoms. The van der Waals surface area contributed by atoms with E-state index >= 15 is 0 Å². The van der Waals surface area contributed by atoms with E-state index in [-0.39, 0.29) is 0 Å². The zero-order valence-electron chi connectivity index (χ0n) is 8.51. The number of aromatic amines is 1. The second-order valence-corrected chi connectivity index (χ2v) is 3.70. The number of anilines is 1. The molecule has 0 radical (unpaired) electrons. The van der Waals surface area contributed by atoms with Crippen molar-refractivity contribution in [1.82, 2.24) is 9.97 Å². The lowest BCUT2D eigenvalue weighted by Crippen LogP contribution is -2.12. The SMILES string of the molecule is OC1Nc2ccccc2/C1=C/c1cnc[nH]1. The second kappa shape index (κ2) is 3.50. The number of benzene rings is 1. The van der Waals surface area contributed by atoms with Gasteiger partial charge >= 0.3 is 0 Å². The normalized spacial score (nSPS) is 20.8. The van der Waals surface area contributed by atoms with Crippen LogP contribution in [0.2, 0.25) is 0 Å². The summed E-state index contributed by atoms with van der Waals surface area (Å²) >= 11 is 0. The van der Waals surface area contributed by atoms with Gasteiger partial charge in [0.25, 0.3) is 0 Å². The van der Waals surface area contributed by atoms with E-state index in [9.17, 15) is 5.11 Å². The number of hydrogen-bond acceptors (Lipinski definition) is 3. The Kier molecular flexibility index (Phi) is 2.01. The van der Waals surface area contributed by atoms with E-state index in [0.717, 1.165) is 22.5 Å². The van der Waals surface area contributed by atoms with Crippen LogP contribution in [0.4, 0.5) is 5.69 Å². The molecule has 2 aromatic rings. The summed E-state index contributed by atoms with van der Waals surface area (Å²) in [4.78, 5) is 6.93. The highest BCUT2D eigenvalue weighted by atomic mass is 16.3. The van der Waals surface area contributed by atoms with Gasteiger partial charge < -0.3 is 15.4 Å². The summed E-state index contributed by atoms with van der Waals surface area (Å²) in [5.41, 5.74) is 3.73. The minimum absolute atomic E-state index is 0.652. The molecule has 1 atom stereocenters. The standard InChI is InChI=1S/C12H11N3O/c16-12-10(5-8-6-13-7-14-8)9-3-1-2-4-11(9)15-12/h1-7,12,15-16H,(H,13,14)/b10-5-. The van der Waals surface area contributed by atoms with Gasteiger partial charge in [-0.1, -0.05) is 18.2 Å². The Hall–Kier alpha value is -2.07. The summed E-state index contributed by atoms with van der Waals surface area (Å²) < 4.78 is 0. The maximum atomic E-state index is 9.90. The van der Waals surface area contributed by atoms with Crippen LogP contribution in [0.1, 0.15) is 11.3 Å². The molecule has 1 unspecified atom stereocenters. The van der Waals surface area contributed by atoms with Gasteiger partial charge in [-0.05, 0) is 12.1 Å². The van der Waals surface area contributed by atoms with Crippen molar-refractivity contribution in [3.05, 3.63) is 48.0 Å². The van der Waals surface area contributed by atoms with Crippen LogP contribution in [0.3, 0.4) is 0 Å². The fraction of sp³-hybridized carbons (Fsp3) is 0.0833. The van der Waals surface area contributed by atoms with Gasteiger partial charge in [0.15, 0.2) is 6.23 Å². The number of aliphatic hydroxyl groups is 1. The predicted octanol–water partition coefficient (Wildman–Crippen LogP) is 1.69. The van der Waals surface area contributed by atoms with Gasteiger partial charge in [0.05, 0.1) is 18.2 Å². The lowest BCUT2D eigenvalue weighted by molar-refractivity contribution is 0.266.